The average molecular weight is 246 g/mol. The number of hydrogen-bond donors (Lipinski definition) is 2. The van der Waals surface area contributed by atoms with Gasteiger partial charge in [-0.1, -0.05) is 29.3 Å². The van der Waals surface area contributed by atoms with Gasteiger partial charge in [0.15, 0.2) is 0 Å². The lowest BCUT2D eigenvalue weighted by atomic mass is 9.93. The van der Waals surface area contributed by atoms with E-state index in [-0.39, 0.29) is 17.9 Å². The molecule has 15 heavy (non-hydrogen) atoms. The summed E-state index contributed by atoms with van der Waals surface area (Å²) in [5, 5.41) is 10.2. The minimum Gasteiger partial charge on any atom is -0.396 e. The van der Waals surface area contributed by atoms with E-state index in [0.717, 1.165) is 12.0 Å². The SMILES string of the molecule is NC[C@]1(c2ccc(Cl)c(Cl)c2)C[C@H]1CO. The number of halogens is 2. The molecule has 0 radical (unpaired) electrons. The normalized spacial score (nSPS) is 29.2. The molecule has 1 aliphatic rings. The zero-order valence-corrected chi connectivity index (χ0v) is 9.72. The predicted octanol–water partition coefficient (Wildman–Crippen LogP) is 2.20. The van der Waals surface area contributed by atoms with Crippen LogP contribution in [-0.2, 0) is 5.41 Å². The fourth-order valence-electron chi connectivity index (χ4n) is 2.15. The summed E-state index contributed by atoms with van der Waals surface area (Å²) in [4.78, 5) is 0. The number of aliphatic hydroxyl groups excluding tert-OH is 1. The Morgan fingerprint density at radius 2 is 2.13 bits per heavy atom. The average Bonchev–Trinajstić information content (AvgIpc) is 2.97. The second-order valence-corrected chi connectivity index (χ2v) is 4.89. The summed E-state index contributed by atoms with van der Waals surface area (Å²) in [5.74, 6) is 0.264. The minimum atomic E-state index is -0.0804. The molecule has 0 amide bonds. The Balaban J connectivity index is 2.33. The summed E-state index contributed by atoms with van der Waals surface area (Å²) in [6.07, 6.45) is 0.929. The van der Waals surface area contributed by atoms with E-state index in [1.807, 2.05) is 12.1 Å². The van der Waals surface area contributed by atoms with Crippen molar-refractivity contribution in [2.45, 2.75) is 11.8 Å². The number of benzene rings is 1. The van der Waals surface area contributed by atoms with Crippen molar-refractivity contribution in [1.82, 2.24) is 0 Å². The van der Waals surface area contributed by atoms with Crippen molar-refractivity contribution in [1.29, 1.82) is 0 Å². The predicted molar refractivity (Wildman–Crippen MR) is 62.4 cm³/mol. The molecule has 0 bridgehead atoms. The molecule has 2 atom stereocenters. The second kappa shape index (κ2) is 3.95. The van der Waals surface area contributed by atoms with Crippen molar-refractivity contribution in [3.8, 4) is 0 Å². The fraction of sp³-hybridized carbons (Fsp3) is 0.455. The molecule has 1 fully saturated rings. The molecule has 1 aromatic rings. The maximum absolute atomic E-state index is 9.14. The van der Waals surface area contributed by atoms with E-state index in [1.165, 1.54) is 0 Å². The first-order chi connectivity index (χ1) is 7.14. The smallest absolute Gasteiger partial charge is 0.0595 e. The molecule has 0 aromatic heterocycles. The van der Waals surface area contributed by atoms with Gasteiger partial charge in [-0.2, -0.15) is 0 Å². The highest BCUT2D eigenvalue weighted by Gasteiger charge is 2.53. The van der Waals surface area contributed by atoms with Crippen LogP contribution < -0.4 is 5.73 Å². The molecule has 1 aromatic carbocycles. The monoisotopic (exact) mass is 245 g/mol. The molecular formula is C11H13Cl2NO. The Morgan fingerprint density at radius 1 is 1.40 bits per heavy atom. The van der Waals surface area contributed by atoms with Gasteiger partial charge in [0.05, 0.1) is 10.0 Å². The first kappa shape index (κ1) is 11.2. The van der Waals surface area contributed by atoms with Gasteiger partial charge in [-0.15, -0.1) is 0 Å². The van der Waals surface area contributed by atoms with Gasteiger partial charge in [-0.25, -0.2) is 0 Å². The summed E-state index contributed by atoms with van der Waals surface area (Å²) >= 11 is 11.8. The molecule has 82 valence electrons. The Labute approximate surface area is 99.0 Å². The third kappa shape index (κ3) is 1.76. The van der Waals surface area contributed by atoms with Crippen LogP contribution in [0.5, 0.6) is 0 Å². The van der Waals surface area contributed by atoms with Gasteiger partial charge in [0.25, 0.3) is 0 Å². The molecule has 4 heteroatoms. The third-order valence-electron chi connectivity index (χ3n) is 3.31. The quantitative estimate of drug-likeness (QED) is 0.858. The van der Waals surface area contributed by atoms with Crippen LogP contribution in [0.25, 0.3) is 0 Å². The third-order valence-corrected chi connectivity index (χ3v) is 4.05. The van der Waals surface area contributed by atoms with Crippen LogP contribution in [0, 0.1) is 5.92 Å². The van der Waals surface area contributed by atoms with Crippen molar-refractivity contribution in [2.75, 3.05) is 13.2 Å². The highest BCUT2D eigenvalue weighted by Crippen LogP contribution is 2.53. The molecule has 0 saturated heterocycles. The molecule has 2 rings (SSSR count). The molecular weight excluding hydrogens is 233 g/mol. The van der Waals surface area contributed by atoms with E-state index in [1.54, 1.807) is 6.07 Å². The molecule has 0 unspecified atom stereocenters. The maximum Gasteiger partial charge on any atom is 0.0595 e. The summed E-state index contributed by atoms with van der Waals surface area (Å²) in [5.41, 5.74) is 6.77. The van der Waals surface area contributed by atoms with E-state index in [4.69, 9.17) is 34.0 Å². The molecule has 0 spiro atoms. The van der Waals surface area contributed by atoms with Gasteiger partial charge in [-0.05, 0) is 30.0 Å². The Hall–Kier alpha value is -0.280. The van der Waals surface area contributed by atoms with Crippen LogP contribution in [0.15, 0.2) is 18.2 Å². The van der Waals surface area contributed by atoms with Crippen molar-refractivity contribution in [3.63, 3.8) is 0 Å². The first-order valence-corrected chi connectivity index (χ1v) is 5.66. The van der Waals surface area contributed by atoms with Gasteiger partial charge >= 0.3 is 0 Å². The van der Waals surface area contributed by atoms with Gasteiger partial charge in [0.1, 0.15) is 0 Å². The topological polar surface area (TPSA) is 46.2 Å². The van der Waals surface area contributed by atoms with Crippen molar-refractivity contribution >= 4 is 23.2 Å². The number of hydrogen-bond acceptors (Lipinski definition) is 2. The van der Waals surface area contributed by atoms with Crippen molar-refractivity contribution in [3.05, 3.63) is 33.8 Å². The fourth-order valence-corrected chi connectivity index (χ4v) is 2.45. The second-order valence-electron chi connectivity index (χ2n) is 4.07. The highest BCUT2D eigenvalue weighted by atomic mass is 35.5. The summed E-state index contributed by atoms with van der Waals surface area (Å²) < 4.78 is 0. The largest absolute Gasteiger partial charge is 0.396 e. The van der Waals surface area contributed by atoms with Crippen LogP contribution >= 0.6 is 23.2 Å². The van der Waals surface area contributed by atoms with Crippen LogP contribution in [0.4, 0.5) is 0 Å². The summed E-state index contributed by atoms with van der Waals surface area (Å²) in [6, 6.07) is 5.58. The van der Waals surface area contributed by atoms with E-state index < -0.39 is 0 Å². The van der Waals surface area contributed by atoms with E-state index in [2.05, 4.69) is 0 Å². The van der Waals surface area contributed by atoms with Crippen molar-refractivity contribution < 1.29 is 5.11 Å². The van der Waals surface area contributed by atoms with Crippen LogP contribution in [0.1, 0.15) is 12.0 Å². The number of rotatable bonds is 3. The van der Waals surface area contributed by atoms with Crippen LogP contribution in [-0.4, -0.2) is 18.3 Å². The lowest BCUT2D eigenvalue weighted by Gasteiger charge is -2.15. The molecule has 0 heterocycles. The van der Waals surface area contributed by atoms with Crippen LogP contribution in [0.3, 0.4) is 0 Å². The van der Waals surface area contributed by atoms with E-state index >= 15 is 0 Å². The Kier molecular flexibility index (Phi) is 2.95. The zero-order chi connectivity index (χ0) is 11.1. The lowest BCUT2D eigenvalue weighted by molar-refractivity contribution is 0.264. The number of nitrogens with two attached hydrogens (primary N) is 1. The van der Waals surface area contributed by atoms with Gasteiger partial charge in [0, 0.05) is 18.6 Å². The first-order valence-electron chi connectivity index (χ1n) is 4.90. The summed E-state index contributed by atoms with van der Waals surface area (Å²) in [6.45, 7) is 0.716. The van der Waals surface area contributed by atoms with E-state index in [0.29, 0.717) is 16.6 Å². The molecule has 1 aliphatic carbocycles. The van der Waals surface area contributed by atoms with Crippen LogP contribution in [0.2, 0.25) is 10.0 Å². The lowest BCUT2D eigenvalue weighted by Crippen LogP contribution is -2.23. The van der Waals surface area contributed by atoms with Gasteiger partial charge in [-0.3, -0.25) is 0 Å². The zero-order valence-electron chi connectivity index (χ0n) is 8.21. The maximum atomic E-state index is 9.14. The van der Waals surface area contributed by atoms with Gasteiger partial charge < -0.3 is 10.8 Å². The van der Waals surface area contributed by atoms with E-state index in [9.17, 15) is 0 Å². The Morgan fingerprint density at radius 3 is 2.60 bits per heavy atom. The molecule has 0 aliphatic heterocycles. The minimum absolute atomic E-state index is 0.0804. The molecule has 2 nitrogen and oxygen atoms in total. The van der Waals surface area contributed by atoms with Gasteiger partial charge in [0.2, 0.25) is 0 Å². The molecule has 1 saturated carbocycles. The summed E-state index contributed by atoms with van der Waals surface area (Å²) in [7, 11) is 0. The number of aliphatic hydroxyl groups is 1. The standard InChI is InChI=1S/C11H13Cl2NO/c12-9-2-1-7(3-10(9)13)11(6-14)4-8(11)5-15/h1-3,8,15H,4-6,14H2/t8-,11-/m0/s1. The Bertz CT molecular complexity index is 383. The van der Waals surface area contributed by atoms with Crippen molar-refractivity contribution in [2.24, 2.45) is 11.7 Å². The highest BCUT2D eigenvalue weighted by molar-refractivity contribution is 6.42. The molecule has 3 N–H and O–H groups in total.